The van der Waals surface area contributed by atoms with Crippen LogP contribution in [0.2, 0.25) is 0 Å². The zero-order chi connectivity index (χ0) is 18.3. The van der Waals surface area contributed by atoms with E-state index in [1.807, 2.05) is 10.0 Å². The highest BCUT2D eigenvalue weighted by atomic mass is 32.2. The molecule has 0 saturated heterocycles. The summed E-state index contributed by atoms with van der Waals surface area (Å²) in [5, 5.41) is 21.3. The lowest BCUT2D eigenvalue weighted by molar-refractivity contribution is -0.383. The molecule has 1 rings (SSSR count). The van der Waals surface area contributed by atoms with Crippen LogP contribution in [0.3, 0.4) is 0 Å². The van der Waals surface area contributed by atoms with Gasteiger partial charge in [0, 0.05) is 6.07 Å². The van der Waals surface area contributed by atoms with Crippen molar-refractivity contribution in [2.24, 2.45) is 0 Å². The predicted octanol–water partition coefficient (Wildman–Crippen LogP) is 0.536. The number of hydrogen-bond donors (Lipinski definition) is 3. The van der Waals surface area contributed by atoms with Crippen LogP contribution in [0.4, 0.5) is 16.2 Å². The summed E-state index contributed by atoms with van der Waals surface area (Å²) in [5.41, 5.74) is -0.669. The van der Waals surface area contributed by atoms with Crippen LogP contribution in [0, 0.1) is 10.1 Å². The van der Waals surface area contributed by atoms with E-state index in [2.05, 4.69) is 4.74 Å². The lowest BCUT2D eigenvalue weighted by Crippen LogP contribution is -2.42. The maximum Gasteiger partial charge on any atom is 0.405 e. The Balaban J connectivity index is 2.84. The van der Waals surface area contributed by atoms with E-state index in [0.717, 1.165) is 13.2 Å². The van der Waals surface area contributed by atoms with Crippen molar-refractivity contribution < 1.29 is 32.8 Å². The summed E-state index contributed by atoms with van der Waals surface area (Å²) < 4.78 is 30.4. The van der Waals surface area contributed by atoms with E-state index in [1.165, 1.54) is 18.2 Å². The number of ether oxygens (including phenoxy) is 1. The first kappa shape index (κ1) is 19.2. The van der Waals surface area contributed by atoms with Gasteiger partial charge in [-0.1, -0.05) is 12.1 Å². The van der Waals surface area contributed by atoms with Crippen molar-refractivity contribution in [2.75, 3.05) is 17.6 Å². The Morgan fingerprint density at radius 1 is 1.38 bits per heavy atom. The summed E-state index contributed by atoms with van der Waals surface area (Å²) in [5.74, 6) is -1.60. The normalized spacial score (nSPS) is 12.0. The molecular formula is C12H15N3O8S. The number of amides is 1. The fourth-order valence-corrected chi connectivity index (χ4v) is 2.91. The van der Waals surface area contributed by atoms with E-state index in [4.69, 9.17) is 5.11 Å². The molecule has 0 heterocycles. The van der Waals surface area contributed by atoms with Crippen molar-refractivity contribution in [1.29, 1.82) is 0 Å². The number of esters is 1. The summed E-state index contributed by atoms with van der Waals surface area (Å²) in [6.45, 7) is 0. The van der Waals surface area contributed by atoms with E-state index in [-0.39, 0.29) is 5.69 Å². The fraction of sp³-hybridized carbons (Fsp3) is 0.333. The number of para-hydroxylation sites is 2. The lowest BCUT2D eigenvalue weighted by Gasteiger charge is -2.15. The molecule has 0 unspecified atom stereocenters. The van der Waals surface area contributed by atoms with E-state index in [1.54, 1.807) is 0 Å². The summed E-state index contributed by atoms with van der Waals surface area (Å²) in [6, 6.07) is 3.74. The van der Waals surface area contributed by atoms with Gasteiger partial charge >= 0.3 is 12.1 Å². The molecular weight excluding hydrogens is 346 g/mol. The lowest BCUT2D eigenvalue weighted by atomic mass is 10.2. The van der Waals surface area contributed by atoms with E-state index in [9.17, 15) is 28.1 Å². The van der Waals surface area contributed by atoms with E-state index >= 15 is 0 Å². The predicted molar refractivity (Wildman–Crippen MR) is 82.1 cm³/mol. The minimum Gasteiger partial charge on any atom is -0.467 e. The van der Waals surface area contributed by atoms with Crippen LogP contribution in [-0.2, 0) is 19.6 Å². The van der Waals surface area contributed by atoms with Gasteiger partial charge in [-0.15, -0.1) is 0 Å². The minimum absolute atomic E-state index is 0.233. The molecule has 12 heteroatoms. The van der Waals surface area contributed by atoms with Gasteiger partial charge in [0.1, 0.15) is 11.7 Å². The first-order valence-corrected chi connectivity index (χ1v) is 8.12. The Labute approximate surface area is 136 Å². The monoisotopic (exact) mass is 361 g/mol. The second kappa shape index (κ2) is 8.10. The average Bonchev–Trinajstić information content (AvgIpc) is 2.50. The number of methoxy groups -OCH3 is 1. The van der Waals surface area contributed by atoms with Crippen molar-refractivity contribution in [1.82, 2.24) is 5.32 Å². The molecule has 3 N–H and O–H groups in total. The van der Waals surface area contributed by atoms with Crippen LogP contribution in [-0.4, -0.2) is 49.4 Å². The molecule has 0 fully saturated rings. The van der Waals surface area contributed by atoms with E-state index < -0.39 is 50.9 Å². The highest BCUT2D eigenvalue weighted by Crippen LogP contribution is 2.24. The zero-order valence-corrected chi connectivity index (χ0v) is 13.3. The SMILES string of the molecule is COC(=O)[C@H](CCS(=O)(=O)Nc1ccccc1[N+](=O)[O-])NC(=O)O. The number of anilines is 1. The Kier molecular flexibility index (Phi) is 6.47. The van der Waals surface area contributed by atoms with Crippen molar-refractivity contribution in [3.63, 3.8) is 0 Å². The molecule has 0 aliphatic heterocycles. The number of carboxylic acid groups (broad SMARTS) is 1. The molecule has 0 radical (unpaired) electrons. The molecule has 1 amide bonds. The van der Waals surface area contributed by atoms with Gasteiger partial charge in [-0.05, 0) is 12.5 Å². The number of sulfonamides is 1. The first-order chi connectivity index (χ1) is 11.2. The second-order valence-electron chi connectivity index (χ2n) is 4.51. The van der Waals surface area contributed by atoms with Crippen LogP contribution in [0.15, 0.2) is 24.3 Å². The van der Waals surface area contributed by atoms with Crippen molar-refractivity contribution in [2.45, 2.75) is 12.5 Å². The van der Waals surface area contributed by atoms with Crippen molar-refractivity contribution in [3.8, 4) is 0 Å². The molecule has 132 valence electrons. The maximum atomic E-state index is 12.0. The number of hydrogen-bond acceptors (Lipinski definition) is 7. The van der Waals surface area contributed by atoms with Crippen LogP contribution in [0.25, 0.3) is 0 Å². The topological polar surface area (TPSA) is 165 Å². The van der Waals surface area contributed by atoms with Crippen LogP contribution < -0.4 is 10.0 Å². The van der Waals surface area contributed by atoms with Gasteiger partial charge in [-0.25, -0.2) is 18.0 Å². The molecule has 1 atom stereocenters. The first-order valence-electron chi connectivity index (χ1n) is 6.47. The smallest absolute Gasteiger partial charge is 0.405 e. The zero-order valence-electron chi connectivity index (χ0n) is 12.5. The summed E-state index contributed by atoms with van der Waals surface area (Å²) in [6.07, 6.45) is -1.93. The summed E-state index contributed by atoms with van der Waals surface area (Å²) in [7, 11) is -3.03. The van der Waals surface area contributed by atoms with Crippen LogP contribution in [0.5, 0.6) is 0 Å². The number of carbonyl (C=O) groups excluding carboxylic acids is 1. The Morgan fingerprint density at radius 3 is 2.54 bits per heavy atom. The van der Waals surface area contributed by atoms with Crippen LogP contribution >= 0.6 is 0 Å². The molecule has 1 aromatic rings. The van der Waals surface area contributed by atoms with Crippen molar-refractivity contribution >= 4 is 33.5 Å². The second-order valence-corrected chi connectivity index (χ2v) is 6.35. The largest absolute Gasteiger partial charge is 0.467 e. The van der Waals surface area contributed by atoms with Gasteiger partial charge in [0.2, 0.25) is 10.0 Å². The number of nitrogens with zero attached hydrogens (tertiary/aromatic N) is 1. The molecule has 0 aromatic heterocycles. The van der Waals surface area contributed by atoms with Crippen LogP contribution in [0.1, 0.15) is 6.42 Å². The molecule has 0 saturated carbocycles. The highest BCUT2D eigenvalue weighted by molar-refractivity contribution is 7.92. The maximum absolute atomic E-state index is 12.0. The third kappa shape index (κ3) is 5.72. The molecule has 0 aliphatic carbocycles. The number of benzene rings is 1. The Bertz CT molecular complexity index is 734. The van der Waals surface area contributed by atoms with Crippen molar-refractivity contribution in [3.05, 3.63) is 34.4 Å². The molecule has 0 bridgehead atoms. The van der Waals surface area contributed by atoms with Gasteiger partial charge in [0.05, 0.1) is 17.8 Å². The average molecular weight is 361 g/mol. The van der Waals surface area contributed by atoms with Gasteiger partial charge in [-0.2, -0.15) is 0 Å². The Hall–Kier alpha value is -2.89. The highest BCUT2D eigenvalue weighted by Gasteiger charge is 2.25. The quantitative estimate of drug-likeness (QED) is 0.343. The standard InChI is InChI=1S/C12H15N3O8S/c1-23-11(16)9(13-12(17)18)6-7-24(21,22)14-8-4-2-3-5-10(8)15(19)20/h2-5,9,13-14H,6-7H2,1H3,(H,17,18)/t9-/m0/s1. The molecule has 1 aromatic carbocycles. The van der Waals surface area contributed by atoms with Gasteiger partial charge in [0.15, 0.2) is 0 Å². The summed E-state index contributed by atoms with van der Waals surface area (Å²) in [4.78, 5) is 32.1. The minimum atomic E-state index is -4.06. The molecule has 11 nitrogen and oxygen atoms in total. The van der Waals surface area contributed by atoms with E-state index in [0.29, 0.717) is 0 Å². The molecule has 0 spiro atoms. The number of nitro groups is 1. The Morgan fingerprint density at radius 2 is 2.00 bits per heavy atom. The number of carbonyl (C=O) groups is 2. The number of nitrogens with one attached hydrogen (secondary N) is 2. The molecule has 24 heavy (non-hydrogen) atoms. The fourth-order valence-electron chi connectivity index (χ4n) is 1.75. The van der Waals surface area contributed by atoms with Gasteiger partial charge < -0.3 is 15.2 Å². The van der Waals surface area contributed by atoms with Gasteiger partial charge in [-0.3, -0.25) is 14.8 Å². The summed E-state index contributed by atoms with van der Waals surface area (Å²) >= 11 is 0. The number of rotatable bonds is 8. The number of nitro benzene ring substituents is 1. The third-order valence-electron chi connectivity index (χ3n) is 2.82. The third-order valence-corrected chi connectivity index (χ3v) is 4.13. The van der Waals surface area contributed by atoms with Gasteiger partial charge in [0.25, 0.3) is 5.69 Å². The molecule has 0 aliphatic rings.